The minimum atomic E-state index is -3.78. The summed E-state index contributed by atoms with van der Waals surface area (Å²) in [5.41, 5.74) is 1.88. The van der Waals surface area contributed by atoms with Gasteiger partial charge in [-0.15, -0.1) is 0 Å². The molecular weight excluding hydrogens is 276 g/mol. The summed E-state index contributed by atoms with van der Waals surface area (Å²) in [6, 6.07) is 1.94. The summed E-state index contributed by atoms with van der Waals surface area (Å²) < 4.78 is 25.9. The van der Waals surface area contributed by atoms with Gasteiger partial charge in [-0.2, -0.15) is 5.10 Å². The first kappa shape index (κ1) is 13.1. The van der Waals surface area contributed by atoms with Crippen LogP contribution in [0.5, 0.6) is 0 Å². The topological polar surface area (TPSA) is 69.8 Å². The van der Waals surface area contributed by atoms with Gasteiger partial charge in [0.05, 0.1) is 17.9 Å². The van der Waals surface area contributed by atoms with Gasteiger partial charge < -0.3 is 4.57 Å². The minimum Gasteiger partial charge on any atom is -0.328 e. The van der Waals surface area contributed by atoms with Crippen LogP contribution in [0.4, 0.5) is 0 Å². The lowest BCUT2D eigenvalue weighted by Gasteiger charge is -2.04. The highest BCUT2D eigenvalue weighted by molar-refractivity contribution is 8.13. The van der Waals surface area contributed by atoms with E-state index in [4.69, 9.17) is 10.7 Å². The molecule has 0 radical (unpaired) electrons. The van der Waals surface area contributed by atoms with Crippen LogP contribution in [0.25, 0.3) is 0 Å². The van der Waals surface area contributed by atoms with Crippen LogP contribution in [0.1, 0.15) is 17.2 Å². The molecule has 18 heavy (non-hydrogen) atoms. The molecule has 0 bridgehead atoms. The normalized spacial score (nSPS) is 12.0. The Hall–Kier alpha value is -1.34. The van der Waals surface area contributed by atoms with Crippen LogP contribution in [0.2, 0.25) is 0 Å². The first-order valence-electron chi connectivity index (χ1n) is 5.25. The summed E-state index contributed by atoms with van der Waals surface area (Å²) in [4.78, 5) is 3.93. The molecule has 0 aliphatic carbocycles. The summed E-state index contributed by atoms with van der Waals surface area (Å²) >= 11 is 0. The van der Waals surface area contributed by atoms with E-state index in [2.05, 4.69) is 10.1 Å². The van der Waals surface area contributed by atoms with Gasteiger partial charge in [0.2, 0.25) is 0 Å². The highest BCUT2D eigenvalue weighted by Gasteiger charge is 2.16. The van der Waals surface area contributed by atoms with Crippen molar-refractivity contribution >= 4 is 19.7 Å². The summed E-state index contributed by atoms with van der Waals surface area (Å²) in [5.74, 6) is 0.591. The molecule has 0 aliphatic rings. The Kier molecular flexibility index (Phi) is 3.20. The second kappa shape index (κ2) is 4.40. The first-order chi connectivity index (χ1) is 8.27. The van der Waals surface area contributed by atoms with Crippen molar-refractivity contribution in [3.05, 3.63) is 29.5 Å². The molecule has 2 rings (SSSR count). The first-order valence-corrected chi connectivity index (χ1v) is 7.56. The molecule has 0 amide bonds. The Bertz CT molecular complexity index is 687. The van der Waals surface area contributed by atoms with Crippen molar-refractivity contribution in [3.8, 4) is 0 Å². The third kappa shape index (κ3) is 2.56. The van der Waals surface area contributed by atoms with Gasteiger partial charge in [-0.25, -0.2) is 13.4 Å². The Labute approximate surface area is 110 Å². The van der Waals surface area contributed by atoms with Crippen LogP contribution in [-0.2, 0) is 22.6 Å². The van der Waals surface area contributed by atoms with E-state index in [0.717, 1.165) is 11.4 Å². The van der Waals surface area contributed by atoms with Gasteiger partial charge in [0.15, 0.2) is 5.03 Å². The lowest BCUT2D eigenvalue weighted by molar-refractivity contribution is 0.606. The molecule has 2 heterocycles. The lowest BCUT2D eigenvalue weighted by atomic mass is 10.3. The fourth-order valence-electron chi connectivity index (χ4n) is 1.74. The van der Waals surface area contributed by atoms with Crippen molar-refractivity contribution < 1.29 is 8.42 Å². The molecule has 2 aromatic rings. The van der Waals surface area contributed by atoms with Crippen molar-refractivity contribution in [2.45, 2.75) is 25.4 Å². The Morgan fingerprint density at radius 1 is 1.39 bits per heavy atom. The van der Waals surface area contributed by atoms with Crippen molar-refractivity contribution in [3.63, 3.8) is 0 Å². The molecule has 0 spiro atoms. The maximum absolute atomic E-state index is 11.2. The standard InChI is InChI=1S/C10H13ClN4O2S/c1-7-4-9(14(3)13-7)5-15-6-10(12-8(15)2)18(11,16)17/h4,6H,5H2,1-3H3. The second-order valence-corrected chi connectivity index (χ2v) is 6.61. The fraction of sp³-hybridized carbons (Fsp3) is 0.400. The quantitative estimate of drug-likeness (QED) is 0.796. The second-order valence-electron chi connectivity index (χ2n) is 4.09. The van der Waals surface area contributed by atoms with Crippen molar-refractivity contribution in [1.82, 2.24) is 19.3 Å². The smallest absolute Gasteiger partial charge is 0.280 e. The molecule has 0 saturated heterocycles. The van der Waals surface area contributed by atoms with Crippen molar-refractivity contribution in [2.75, 3.05) is 0 Å². The zero-order chi connectivity index (χ0) is 13.5. The average molecular weight is 289 g/mol. The lowest BCUT2D eigenvalue weighted by Crippen LogP contribution is -2.06. The van der Waals surface area contributed by atoms with Gasteiger partial charge in [0, 0.05) is 23.9 Å². The number of aromatic nitrogens is 4. The van der Waals surface area contributed by atoms with Crippen molar-refractivity contribution in [1.29, 1.82) is 0 Å². The molecule has 0 atom stereocenters. The summed E-state index contributed by atoms with van der Waals surface area (Å²) in [7, 11) is 3.32. The number of aryl methyl sites for hydroxylation is 3. The van der Waals surface area contributed by atoms with E-state index < -0.39 is 9.05 Å². The fourth-order valence-corrected chi connectivity index (χ4v) is 2.46. The Morgan fingerprint density at radius 2 is 2.06 bits per heavy atom. The third-order valence-corrected chi connectivity index (χ3v) is 3.81. The van der Waals surface area contributed by atoms with Crippen LogP contribution in [0.15, 0.2) is 17.3 Å². The molecule has 2 aromatic heterocycles. The summed E-state index contributed by atoms with van der Waals surface area (Å²) in [6.07, 6.45) is 1.43. The minimum absolute atomic E-state index is 0.124. The zero-order valence-corrected chi connectivity index (χ0v) is 11.8. The maximum atomic E-state index is 11.2. The number of nitrogens with zero attached hydrogens (tertiary/aromatic N) is 4. The highest BCUT2D eigenvalue weighted by atomic mass is 35.7. The van der Waals surface area contributed by atoms with E-state index in [9.17, 15) is 8.42 Å². The number of imidazole rings is 1. The zero-order valence-electron chi connectivity index (χ0n) is 10.3. The predicted octanol–water partition coefficient (Wildman–Crippen LogP) is 1.21. The van der Waals surface area contributed by atoms with Gasteiger partial charge >= 0.3 is 0 Å². The number of halogens is 1. The molecule has 0 aromatic carbocycles. The molecule has 6 nitrogen and oxygen atoms in total. The predicted molar refractivity (Wildman–Crippen MR) is 67.0 cm³/mol. The molecule has 0 unspecified atom stereocenters. The van der Waals surface area contributed by atoms with Crippen LogP contribution in [0, 0.1) is 13.8 Å². The molecule has 0 N–H and O–H groups in total. The molecular formula is C10H13ClN4O2S. The van der Waals surface area contributed by atoms with E-state index in [-0.39, 0.29) is 5.03 Å². The van der Waals surface area contributed by atoms with Gasteiger partial charge in [-0.1, -0.05) is 0 Å². The average Bonchev–Trinajstić information content (AvgIpc) is 2.72. The number of hydrogen-bond acceptors (Lipinski definition) is 4. The van der Waals surface area contributed by atoms with Gasteiger partial charge in [-0.05, 0) is 19.9 Å². The van der Waals surface area contributed by atoms with Crippen LogP contribution in [0.3, 0.4) is 0 Å². The summed E-state index contributed by atoms with van der Waals surface area (Å²) in [5, 5.41) is 4.11. The van der Waals surface area contributed by atoms with Crippen molar-refractivity contribution in [2.24, 2.45) is 7.05 Å². The number of hydrogen-bond donors (Lipinski definition) is 0. The Morgan fingerprint density at radius 3 is 2.50 bits per heavy atom. The van der Waals surface area contributed by atoms with Crippen LogP contribution >= 0.6 is 10.7 Å². The SMILES string of the molecule is Cc1cc(Cn2cc(S(=O)(=O)Cl)nc2C)n(C)n1. The third-order valence-electron chi connectivity index (χ3n) is 2.63. The highest BCUT2D eigenvalue weighted by Crippen LogP contribution is 2.15. The van der Waals surface area contributed by atoms with E-state index in [1.165, 1.54) is 6.20 Å². The molecule has 98 valence electrons. The summed E-state index contributed by atoms with van der Waals surface area (Å²) in [6.45, 7) is 4.14. The monoisotopic (exact) mass is 288 g/mol. The molecule has 8 heteroatoms. The molecule has 0 saturated carbocycles. The molecule has 0 aliphatic heterocycles. The van der Waals surface area contributed by atoms with Gasteiger partial charge in [-0.3, -0.25) is 4.68 Å². The van der Waals surface area contributed by atoms with Crippen LogP contribution < -0.4 is 0 Å². The van der Waals surface area contributed by atoms with E-state index in [0.29, 0.717) is 12.4 Å². The Balaban J connectivity index is 2.36. The van der Waals surface area contributed by atoms with E-state index in [1.807, 2.05) is 20.0 Å². The van der Waals surface area contributed by atoms with E-state index >= 15 is 0 Å². The number of rotatable bonds is 3. The van der Waals surface area contributed by atoms with Gasteiger partial charge in [0.1, 0.15) is 5.82 Å². The van der Waals surface area contributed by atoms with Gasteiger partial charge in [0.25, 0.3) is 9.05 Å². The van der Waals surface area contributed by atoms with E-state index in [1.54, 1.807) is 16.2 Å². The maximum Gasteiger partial charge on any atom is 0.280 e. The van der Waals surface area contributed by atoms with Crippen LogP contribution in [-0.4, -0.2) is 27.7 Å². The molecule has 0 fully saturated rings. The largest absolute Gasteiger partial charge is 0.328 e.